The normalized spacial score (nSPS) is 12.0. The van der Waals surface area contributed by atoms with Crippen molar-refractivity contribution in [2.24, 2.45) is 0 Å². The maximum Gasteiger partial charge on any atom is 0.263 e. The minimum atomic E-state index is -0.423. The summed E-state index contributed by atoms with van der Waals surface area (Å²) in [6.45, 7) is 5.87. The topological polar surface area (TPSA) is 74.1 Å². The molecular formula is C21H23N3O2. The summed E-state index contributed by atoms with van der Waals surface area (Å²) >= 11 is 0. The molecule has 0 aliphatic carbocycles. The molecule has 5 heteroatoms. The molecule has 2 aromatic carbocycles. The van der Waals surface area contributed by atoms with E-state index in [9.17, 15) is 10.1 Å². The molecule has 26 heavy (non-hydrogen) atoms. The Morgan fingerprint density at radius 1 is 1.19 bits per heavy atom. The van der Waals surface area contributed by atoms with E-state index in [1.807, 2.05) is 69.3 Å². The maximum atomic E-state index is 12.4. The van der Waals surface area contributed by atoms with E-state index >= 15 is 0 Å². The van der Waals surface area contributed by atoms with Gasteiger partial charge in [-0.3, -0.25) is 4.79 Å². The highest BCUT2D eigenvalue weighted by atomic mass is 16.5. The third kappa shape index (κ3) is 4.64. The fourth-order valence-corrected chi connectivity index (χ4v) is 2.46. The van der Waals surface area contributed by atoms with Gasteiger partial charge in [-0.25, -0.2) is 0 Å². The smallest absolute Gasteiger partial charge is 0.263 e. The van der Waals surface area contributed by atoms with Crippen LogP contribution in [0.5, 0.6) is 5.75 Å². The largest absolute Gasteiger partial charge is 0.497 e. The van der Waals surface area contributed by atoms with Crippen molar-refractivity contribution in [3.63, 3.8) is 0 Å². The summed E-state index contributed by atoms with van der Waals surface area (Å²) in [5.74, 6) is 0.330. The van der Waals surface area contributed by atoms with Gasteiger partial charge in [0.15, 0.2) is 0 Å². The number of nitriles is 1. The monoisotopic (exact) mass is 349 g/mol. The highest BCUT2D eigenvalue weighted by molar-refractivity contribution is 5.97. The van der Waals surface area contributed by atoms with Gasteiger partial charge in [0.05, 0.1) is 13.2 Å². The number of methoxy groups -OCH3 is 1. The Balaban J connectivity index is 2.07. The van der Waals surface area contributed by atoms with E-state index in [4.69, 9.17) is 4.74 Å². The Labute approximate surface area is 154 Å². The van der Waals surface area contributed by atoms with Crippen LogP contribution in [-0.4, -0.2) is 13.0 Å². The molecule has 0 bridgehead atoms. The molecule has 0 heterocycles. The number of nitrogens with zero attached hydrogens (tertiary/aromatic N) is 1. The number of aryl methyl sites for hydroxylation is 1. The summed E-state index contributed by atoms with van der Waals surface area (Å²) < 4.78 is 5.13. The van der Waals surface area contributed by atoms with Crippen LogP contribution in [0.4, 0.5) is 5.69 Å². The van der Waals surface area contributed by atoms with Gasteiger partial charge in [-0.1, -0.05) is 24.3 Å². The van der Waals surface area contributed by atoms with Crippen LogP contribution in [0.3, 0.4) is 0 Å². The van der Waals surface area contributed by atoms with E-state index in [2.05, 4.69) is 10.6 Å². The molecule has 0 aromatic heterocycles. The zero-order chi connectivity index (χ0) is 19.1. The third-order valence-electron chi connectivity index (χ3n) is 4.31. The lowest BCUT2D eigenvalue weighted by molar-refractivity contribution is -0.117. The molecule has 1 amide bonds. The zero-order valence-corrected chi connectivity index (χ0v) is 15.5. The Kier molecular flexibility index (Phi) is 6.40. The van der Waals surface area contributed by atoms with Crippen molar-refractivity contribution in [2.45, 2.75) is 26.8 Å². The van der Waals surface area contributed by atoms with Gasteiger partial charge < -0.3 is 15.4 Å². The van der Waals surface area contributed by atoms with Crippen LogP contribution >= 0.6 is 0 Å². The molecule has 5 nitrogen and oxygen atoms in total. The number of benzene rings is 2. The van der Waals surface area contributed by atoms with Crippen LogP contribution in [0.15, 0.2) is 54.2 Å². The molecular weight excluding hydrogens is 326 g/mol. The predicted molar refractivity (Wildman–Crippen MR) is 103 cm³/mol. The Morgan fingerprint density at radius 2 is 1.88 bits per heavy atom. The first-order valence-corrected chi connectivity index (χ1v) is 8.34. The average Bonchev–Trinajstić information content (AvgIpc) is 2.65. The number of hydrogen-bond donors (Lipinski definition) is 2. The van der Waals surface area contributed by atoms with E-state index in [1.165, 1.54) is 6.20 Å². The molecule has 0 saturated heterocycles. The first-order chi connectivity index (χ1) is 12.5. The van der Waals surface area contributed by atoms with Crippen LogP contribution in [0.1, 0.15) is 29.7 Å². The van der Waals surface area contributed by atoms with Gasteiger partial charge in [-0.05, 0) is 55.7 Å². The van der Waals surface area contributed by atoms with Gasteiger partial charge in [-0.2, -0.15) is 5.26 Å². The number of nitrogens with one attached hydrogen (secondary N) is 2. The van der Waals surface area contributed by atoms with E-state index in [0.717, 1.165) is 28.1 Å². The second-order valence-electron chi connectivity index (χ2n) is 6.03. The van der Waals surface area contributed by atoms with Crippen molar-refractivity contribution in [3.8, 4) is 11.8 Å². The minimum Gasteiger partial charge on any atom is -0.497 e. The van der Waals surface area contributed by atoms with Gasteiger partial charge in [0.2, 0.25) is 0 Å². The molecule has 1 atom stereocenters. The first-order valence-electron chi connectivity index (χ1n) is 8.34. The average molecular weight is 349 g/mol. The SMILES string of the molecule is COc1ccc(C(C)NC(=O)/C(C#N)=C\Nc2cccc(C)c2C)cc1. The number of amides is 1. The van der Waals surface area contributed by atoms with E-state index in [-0.39, 0.29) is 11.6 Å². The fourth-order valence-electron chi connectivity index (χ4n) is 2.46. The molecule has 0 aliphatic heterocycles. The quantitative estimate of drug-likeness (QED) is 0.610. The van der Waals surface area contributed by atoms with E-state index < -0.39 is 5.91 Å². The summed E-state index contributed by atoms with van der Waals surface area (Å²) in [5.41, 5.74) is 4.03. The lowest BCUT2D eigenvalue weighted by Gasteiger charge is -2.15. The molecule has 0 spiro atoms. The molecule has 2 N–H and O–H groups in total. The lowest BCUT2D eigenvalue weighted by Crippen LogP contribution is -2.28. The summed E-state index contributed by atoms with van der Waals surface area (Å²) in [4.78, 5) is 12.4. The molecule has 1 unspecified atom stereocenters. The molecule has 0 radical (unpaired) electrons. The Bertz CT molecular complexity index is 849. The number of carbonyl (C=O) groups excluding carboxylic acids is 1. The standard InChI is InChI=1S/C21H23N3O2/c1-14-6-5-7-20(15(14)2)23-13-18(12-22)21(25)24-16(3)17-8-10-19(26-4)11-9-17/h5-11,13,16,23H,1-4H3,(H,24,25)/b18-13-. The van der Waals surface area contributed by atoms with Crippen LogP contribution < -0.4 is 15.4 Å². The molecule has 0 aliphatic rings. The highest BCUT2D eigenvalue weighted by Crippen LogP contribution is 2.19. The third-order valence-corrected chi connectivity index (χ3v) is 4.31. The zero-order valence-electron chi connectivity index (χ0n) is 15.5. The van der Waals surface area contributed by atoms with Crippen molar-refractivity contribution in [2.75, 3.05) is 12.4 Å². The first kappa shape index (κ1) is 19.1. The minimum absolute atomic E-state index is 0.0197. The molecule has 134 valence electrons. The number of hydrogen-bond acceptors (Lipinski definition) is 4. The van der Waals surface area contributed by atoms with Crippen LogP contribution in [0.25, 0.3) is 0 Å². The van der Waals surface area contributed by atoms with Gasteiger partial charge in [0, 0.05) is 11.9 Å². The molecule has 2 aromatic rings. The lowest BCUT2D eigenvalue weighted by atomic mass is 10.1. The number of anilines is 1. The van der Waals surface area contributed by atoms with Crippen LogP contribution in [0.2, 0.25) is 0 Å². The second-order valence-corrected chi connectivity index (χ2v) is 6.03. The van der Waals surface area contributed by atoms with Gasteiger partial charge in [-0.15, -0.1) is 0 Å². The van der Waals surface area contributed by atoms with Crippen molar-refractivity contribution >= 4 is 11.6 Å². The van der Waals surface area contributed by atoms with Crippen molar-refractivity contribution < 1.29 is 9.53 Å². The number of carbonyl (C=O) groups is 1. The Morgan fingerprint density at radius 3 is 2.50 bits per heavy atom. The summed E-state index contributed by atoms with van der Waals surface area (Å²) in [7, 11) is 1.60. The van der Waals surface area contributed by atoms with Crippen molar-refractivity contribution in [1.82, 2.24) is 5.32 Å². The number of ether oxygens (including phenoxy) is 1. The molecule has 0 fully saturated rings. The summed E-state index contributed by atoms with van der Waals surface area (Å²) in [6.07, 6.45) is 1.44. The van der Waals surface area contributed by atoms with E-state index in [0.29, 0.717) is 0 Å². The molecule has 0 saturated carbocycles. The summed E-state index contributed by atoms with van der Waals surface area (Å²) in [6, 6.07) is 15.0. The van der Waals surface area contributed by atoms with Gasteiger partial charge in [0.25, 0.3) is 5.91 Å². The van der Waals surface area contributed by atoms with Crippen molar-refractivity contribution in [1.29, 1.82) is 5.26 Å². The summed E-state index contributed by atoms with van der Waals surface area (Å²) in [5, 5.41) is 15.2. The van der Waals surface area contributed by atoms with E-state index in [1.54, 1.807) is 7.11 Å². The second kappa shape index (κ2) is 8.72. The predicted octanol–water partition coefficient (Wildman–Crippen LogP) is 4.01. The Hall–Kier alpha value is -3.26. The highest BCUT2D eigenvalue weighted by Gasteiger charge is 2.14. The maximum absolute atomic E-state index is 12.4. The van der Waals surface area contributed by atoms with Gasteiger partial charge in [0.1, 0.15) is 17.4 Å². The molecule has 2 rings (SSSR count). The van der Waals surface area contributed by atoms with Crippen molar-refractivity contribution in [3.05, 3.63) is 70.9 Å². The fraction of sp³-hybridized carbons (Fsp3) is 0.238. The van der Waals surface area contributed by atoms with Crippen LogP contribution in [-0.2, 0) is 4.79 Å². The number of rotatable bonds is 6. The van der Waals surface area contributed by atoms with Gasteiger partial charge >= 0.3 is 0 Å². The van der Waals surface area contributed by atoms with Crippen LogP contribution in [0, 0.1) is 25.2 Å².